The maximum Gasteiger partial charge on any atom is 0.206 e. The molecule has 26 heavy (non-hydrogen) atoms. The molecule has 2 aromatic rings. The molecule has 0 bridgehead atoms. The van der Waals surface area contributed by atoms with E-state index in [1.807, 2.05) is 18.2 Å². The highest BCUT2D eigenvalue weighted by Gasteiger charge is 2.23. The lowest BCUT2D eigenvalue weighted by Crippen LogP contribution is -2.47. The van der Waals surface area contributed by atoms with Crippen molar-refractivity contribution in [1.82, 2.24) is 9.80 Å². The van der Waals surface area contributed by atoms with Crippen LogP contribution in [-0.4, -0.2) is 62.7 Å². The first kappa shape index (κ1) is 19.0. The number of rotatable bonds is 6. The van der Waals surface area contributed by atoms with E-state index in [9.17, 15) is 8.42 Å². The van der Waals surface area contributed by atoms with Crippen LogP contribution in [0.1, 0.15) is 18.5 Å². The average molecular weight is 375 g/mol. The fourth-order valence-electron chi connectivity index (χ4n) is 3.39. The Morgan fingerprint density at radius 3 is 2.08 bits per heavy atom. The zero-order valence-corrected chi connectivity index (χ0v) is 15.9. The summed E-state index contributed by atoms with van der Waals surface area (Å²) in [5.41, 5.74) is 1.12. The lowest BCUT2D eigenvalue weighted by molar-refractivity contribution is 0.0888. The standard InChI is InChI=1S/C20H26N2O3S/c1-17(22-13-11-21(12-14-22)15-16-23)18-7-9-20(10-8-18)26(24,25)19-5-3-2-4-6-19/h2-10,17,23H,11-16H2,1H3. The summed E-state index contributed by atoms with van der Waals surface area (Å²) >= 11 is 0. The molecule has 0 radical (unpaired) electrons. The van der Waals surface area contributed by atoms with Gasteiger partial charge in [0.2, 0.25) is 9.84 Å². The lowest BCUT2D eigenvalue weighted by Gasteiger charge is -2.38. The average Bonchev–Trinajstić information content (AvgIpc) is 2.69. The smallest absolute Gasteiger partial charge is 0.206 e. The maximum atomic E-state index is 12.7. The summed E-state index contributed by atoms with van der Waals surface area (Å²) in [4.78, 5) is 5.31. The molecule has 1 saturated heterocycles. The Balaban J connectivity index is 1.70. The van der Waals surface area contributed by atoms with Crippen LogP contribution >= 0.6 is 0 Å². The minimum Gasteiger partial charge on any atom is -0.395 e. The summed E-state index contributed by atoms with van der Waals surface area (Å²) in [5, 5.41) is 9.04. The van der Waals surface area contributed by atoms with Gasteiger partial charge in [0.25, 0.3) is 0 Å². The van der Waals surface area contributed by atoms with E-state index in [1.165, 1.54) is 0 Å². The van der Waals surface area contributed by atoms with E-state index in [1.54, 1.807) is 36.4 Å². The van der Waals surface area contributed by atoms with Gasteiger partial charge in [-0.2, -0.15) is 0 Å². The van der Waals surface area contributed by atoms with Crippen molar-refractivity contribution in [2.24, 2.45) is 0 Å². The van der Waals surface area contributed by atoms with Crippen LogP contribution in [0, 0.1) is 0 Å². The van der Waals surface area contributed by atoms with E-state index in [4.69, 9.17) is 5.11 Å². The summed E-state index contributed by atoms with van der Waals surface area (Å²) < 4.78 is 25.4. The van der Waals surface area contributed by atoms with Gasteiger partial charge < -0.3 is 5.11 Å². The van der Waals surface area contributed by atoms with Crippen molar-refractivity contribution >= 4 is 9.84 Å². The van der Waals surface area contributed by atoms with Gasteiger partial charge in [-0.25, -0.2) is 8.42 Å². The van der Waals surface area contributed by atoms with E-state index < -0.39 is 9.84 Å². The van der Waals surface area contributed by atoms with Crippen LogP contribution in [0.2, 0.25) is 0 Å². The summed E-state index contributed by atoms with van der Waals surface area (Å²) in [6, 6.07) is 16.0. The van der Waals surface area contributed by atoms with Crippen LogP contribution < -0.4 is 0 Å². The van der Waals surface area contributed by atoms with Gasteiger partial charge in [-0.05, 0) is 36.8 Å². The molecule has 1 aliphatic heterocycles. The number of sulfone groups is 1. The number of β-amino-alcohol motifs (C(OH)–C–C–N with tert-alkyl or cyclic N) is 1. The van der Waals surface area contributed by atoms with Crippen molar-refractivity contribution in [1.29, 1.82) is 0 Å². The zero-order valence-electron chi connectivity index (χ0n) is 15.1. The van der Waals surface area contributed by atoms with Crippen molar-refractivity contribution in [2.75, 3.05) is 39.3 Å². The first-order valence-electron chi connectivity index (χ1n) is 9.00. The van der Waals surface area contributed by atoms with Gasteiger partial charge in [0.15, 0.2) is 0 Å². The Morgan fingerprint density at radius 1 is 0.923 bits per heavy atom. The molecule has 0 amide bonds. The van der Waals surface area contributed by atoms with Crippen LogP contribution in [0.5, 0.6) is 0 Å². The molecule has 3 rings (SSSR count). The van der Waals surface area contributed by atoms with E-state index in [0.29, 0.717) is 9.79 Å². The molecule has 0 spiro atoms. The Labute approximate surface area is 155 Å². The zero-order chi connectivity index (χ0) is 18.6. The molecule has 5 nitrogen and oxygen atoms in total. The first-order chi connectivity index (χ1) is 12.5. The van der Waals surface area contributed by atoms with Gasteiger partial charge in [-0.3, -0.25) is 9.80 Å². The molecule has 1 atom stereocenters. The van der Waals surface area contributed by atoms with Crippen LogP contribution in [0.25, 0.3) is 0 Å². The third-order valence-corrected chi connectivity index (χ3v) is 6.88. The SMILES string of the molecule is CC(c1ccc(S(=O)(=O)c2ccccc2)cc1)N1CCN(CCO)CC1. The van der Waals surface area contributed by atoms with Crippen molar-refractivity contribution in [2.45, 2.75) is 22.8 Å². The number of nitrogens with zero attached hydrogens (tertiary/aromatic N) is 2. The van der Waals surface area contributed by atoms with E-state index in [0.717, 1.165) is 38.3 Å². The highest BCUT2D eigenvalue weighted by Crippen LogP contribution is 2.25. The van der Waals surface area contributed by atoms with Crippen molar-refractivity contribution < 1.29 is 13.5 Å². The molecule has 0 aromatic heterocycles. The van der Waals surface area contributed by atoms with E-state index >= 15 is 0 Å². The maximum absolute atomic E-state index is 12.7. The van der Waals surface area contributed by atoms with E-state index in [2.05, 4.69) is 16.7 Å². The van der Waals surface area contributed by atoms with E-state index in [-0.39, 0.29) is 12.6 Å². The molecule has 0 aliphatic carbocycles. The van der Waals surface area contributed by atoms with Gasteiger partial charge in [-0.1, -0.05) is 30.3 Å². The number of hydrogen-bond acceptors (Lipinski definition) is 5. The molecule has 0 saturated carbocycles. The van der Waals surface area contributed by atoms with Gasteiger partial charge >= 0.3 is 0 Å². The van der Waals surface area contributed by atoms with Crippen LogP contribution in [0.15, 0.2) is 64.4 Å². The quantitative estimate of drug-likeness (QED) is 0.840. The molecular formula is C20H26N2O3S. The fourth-order valence-corrected chi connectivity index (χ4v) is 4.67. The highest BCUT2D eigenvalue weighted by atomic mass is 32.2. The molecular weight excluding hydrogens is 348 g/mol. The molecule has 1 heterocycles. The highest BCUT2D eigenvalue weighted by molar-refractivity contribution is 7.91. The number of piperazine rings is 1. The number of aliphatic hydroxyl groups excluding tert-OH is 1. The Kier molecular flexibility index (Phi) is 6.09. The minimum atomic E-state index is -3.46. The monoisotopic (exact) mass is 374 g/mol. The first-order valence-corrected chi connectivity index (χ1v) is 10.5. The Hall–Kier alpha value is -1.73. The van der Waals surface area contributed by atoms with Crippen molar-refractivity contribution in [3.8, 4) is 0 Å². The Morgan fingerprint density at radius 2 is 1.50 bits per heavy atom. The van der Waals surface area contributed by atoms with Gasteiger partial charge in [0.1, 0.15) is 0 Å². The summed E-state index contributed by atoms with van der Waals surface area (Å²) in [7, 11) is -3.46. The molecule has 1 N–H and O–H groups in total. The fraction of sp³-hybridized carbons (Fsp3) is 0.400. The number of aliphatic hydroxyl groups is 1. The normalized spacial score (nSPS) is 17.9. The van der Waals surface area contributed by atoms with Gasteiger partial charge in [-0.15, -0.1) is 0 Å². The number of benzene rings is 2. The second-order valence-electron chi connectivity index (χ2n) is 6.66. The molecule has 1 aliphatic rings. The predicted molar refractivity (Wildman–Crippen MR) is 102 cm³/mol. The predicted octanol–water partition coefficient (Wildman–Crippen LogP) is 2.19. The van der Waals surface area contributed by atoms with Crippen molar-refractivity contribution in [3.05, 3.63) is 60.2 Å². The minimum absolute atomic E-state index is 0.201. The third-order valence-electron chi connectivity index (χ3n) is 5.10. The summed E-state index contributed by atoms with van der Waals surface area (Å²) in [5.74, 6) is 0. The molecule has 1 unspecified atom stereocenters. The topological polar surface area (TPSA) is 60.9 Å². The molecule has 6 heteroatoms. The second kappa shape index (κ2) is 8.31. The largest absolute Gasteiger partial charge is 0.395 e. The summed E-state index contributed by atoms with van der Waals surface area (Å²) in [6.07, 6.45) is 0. The molecule has 1 fully saturated rings. The van der Waals surface area contributed by atoms with Crippen molar-refractivity contribution in [3.63, 3.8) is 0 Å². The lowest BCUT2D eigenvalue weighted by atomic mass is 10.1. The second-order valence-corrected chi connectivity index (χ2v) is 8.61. The third kappa shape index (κ3) is 4.15. The Bertz CT molecular complexity index is 799. The number of hydrogen-bond donors (Lipinski definition) is 1. The van der Waals surface area contributed by atoms with Crippen LogP contribution in [0.3, 0.4) is 0 Å². The molecule has 2 aromatic carbocycles. The van der Waals surface area contributed by atoms with Crippen LogP contribution in [0.4, 0.5) is 0 Å². The molecule has 140 valence electrons. The van der Waals surface area contributed by atoms with Gasteiger partial charge in [0.05, 0.1) is 16.4 Å². The summed E-state index contributed by atoms with van der Waals surface area (Å²) in [6.45, 7) is 6.89. The van der Waals surface area contributed by atoms with Crippen LogP contribution in [-0.2, 0) is 9.84 Å². The van der Waals surface area contributed by atoms with Gasteiger partial charge in [0, 0.05) is 38.8 Å².